The lowest BCUT2D eigenvalue weighted by molar-refractivity contribution is 0.0966. The van der Waals surface area contributed by atoms with E-state index in [1.807, 2.05) is 12.1 Å². The second-order valence-corrected chi connectivity index (χ2v) is 8.63. The van der Waals surface area contributed by atoms with E-state index in [1.165, 1.54) is 11.1 Å². The van der Waals surface area contributed by atoms with Gasteiger partial charge in [0.2, 0.25) is 0 Å². The number of carbonyl (C=O) groups excluding carboxylic acids is 1. The van der Waals surface area contributed by atoms with Gasteiger partial charge in [0, 0.05) is 48.0 Å². The Hall–Kier alpha value is -3.15. The summed E-state index contributed by atoms with van der Waals surface area (Å²) >= 11 is 0. The lowest BCUT2D eigenvalue weighted by Crippen LogP contribution is -2.13. The minimum Gasteiger partial charge on any atom is -0.396 e. The van der Waals surface area contributed by atoms with E-state index in [1.54, 1.807) is 6.92 Å². The molecule has 156 valence electrons. The molecule has 1 amide bonds. The van der Waals surface area contributed by atoms with Gasteiger partial charge in [0.25, 0.3) is 5.91 Å². The molecule has 2 heterocycles. The zero-order valence-corrected chi connectivity index (χ0v) is 17.4. The van der Waals surface area contributed by atoms with E-state index in [0.717, 1.165) is 56.0 Å². The Bertz CT molecular complexity index is 1400. The summed E-state index contributed by atoms with van der Waals surface area (Å²) in [4.78, 5) is 13.0. The maximum atomic E-state index is 13.0. The molecule has 5 nitrogen and oxygen atoms in total. The average Bonchev–Trinajstić information content (AvgIpc) is 3.43. The van der Waals surface area contributed by atoms with Crippen molar-refractivity contribution >= 4 is 27.7 Å². The van der Waals surface area contributed by atoms with Gasteiger partial charge in [-0.05, 0) is 53.3 Å². The third-order valence-corrected chi connectivity index (χ3v) is 6.86. The van der Waals surface area contributed by atoms with Gasteiger partial charge < -0.3 is 20.1 Å². The van der Waals surface area contributed by atoms with E-state index < -0.39 is 6.10 Å². The van der Waals surface area contributed by atoms with Crippen molar-refractivity contribution in [2.24, 2.45) is 0 Å². The molecule has 5 heteroatoms. The molecule has 0 saturated heterocycles. The largest absolute Gasteiger partial charge is 0.396 e. The molecule has 3 aromatic carbocycles. The van der Waals surface area contributed by atoms with Crippen LogP contribution >= 0.6 is 0 Å². The predicted molar refractivity (Wildman–Crippen MR) is 121 cm³/mol. The van der Waals surface area contributed by atoms with Crippen LogP contribution in [0.15, 0.2) is 42.5 Å². The Morgan fingerprint density at radius 2 is 1.97 bits per heavy atom. The summed E-state index contributed by atoms with van der Waals surface area (Å²) in [6.07, 6.45) is 0.889. The molecule has 3 N–H and O–H groups in total. The van der Waals surface area contributed by atoms with Gasteiger partial charge in [-0.15, -0.1) is 0 Å². The van der Waals surface area contributed by atoms with Crippen LogP contribution in [0, 0.1) is 0 Å². The van der Waals surface area contributed by atoms with E-state index >= 15 is 0 Å². The van der Waals surface area contributed by atoms with E-state index in [9.17, 15) is 15.0 Å². The zero-order chi connectivity index (χ0) is 21.3. The number of rotatable bonds is 4. The van der Waals surface area contributed by atoms with Crippen LogP contribution in [-0.4, -0.2) is 27.3 Å². The van der Waals surface area contributed by atoms with Crippen LogP contribution in [0.3, 0.4) is 0 Å². The zero-order valence-electron chi connectivity index (χ0n) is 17.4. The molecular weight excluding hydrogens is 388 g/mol. The van der Waals surface area contributed by atoms with Crippen LogP contribution in [0.2, 0.25) is 0 Å². The van der Waals surface area contributed by atoms with Gasteiger partial charge >= 0.3 is 0 Å². The Morgan fingerprint density at radius 3 is 2.77 bits per heavy atom. The van der Waals surface area contributed by atoms with Gasteiger partial charge in [0.05, 0.1) is 17.2 Å². The SMILES string of the molecule is CC(O)c1ccc2c(c1)c1c3c(c4c(c1n2CCCO)Cc1ccccc1-4)C(=O)NC3. The molecule has 1 unspecified atom stereocenters. The minimum absolute atomic E-state index is 0.00667. The number of nitrogens with zero attached hydrogens (tertiary/aromatic N) is 1. The van der Waals surface area contributed by atoms with Crippen molar-refractivity contribution < 1.29 is 15.0 Å². The van der Waals surface area contributed by atoms with Crippen molar-refractivity contribution in [1.82, 2.24) is 9.88 Å². The number of aliphatic hydroxyl groups excluding tert-OH is 2. The summed E-state index contributed by atoms with van der Waals surface area (Å²) in [7, 11) is 0. The molecule has 6 rings (SSSR count). The third kappa shape index (κ3) is 2.47. The fourth-order valence-corrected chi connectivity index (χ4v) is 5.52. The molecule has 1 atom stereocenters. The summed E-state index contributed by atoms with van der Waals surface area (Å²) in [5, 5.41) is 25.0. The van der Waals surface area contributed by atoms with Gasteiger partial charge in [-0.3, -0.25) is 4.79 Å². The van der Waals surface area contributed by atoms with E-state index in [0.29, 0.717) is 19.5 Å². The predicted octanol–water partition coefficient (Wildman–Crippen LogP) is 4.04. The van der Waals surface area contributed by atoms with Crippen LogP contribution < -0.4 is 5.32 Å². The molecule has 0 spiro atoms. The first-order valence-corrected chi connectivity index (χ1v) is 10.9. The van der Waals surface area contributed by atoms with Gasteiger partial charge in [-0.25, -0.2) is 0 Å². The molecule has 0 bridgehead atoms. The van der Waals surface area contributed by atoms with Crippen molar-refractivity contribution in [3.05, 3.63) is 70.3 Å². The Labute approximate surface area is 179 Å². The molecular formula is C26H24N2O3. The average molecular weight is 412 g/mol. The molecule has 1 aliphatic heterocycles. The highest BCUT2D eigenvalue weighted by atomic mass is 16.3. The van der Waals surface area contributed by atoms with Crippen molar-refractivity contribution in [3.63, 3.8) is 0 Å². The smallest absolute Gasteiger partial charge is 0.252 e. The lowest BCUT2D eigenvalue weighted by atomic mass is 9.91. The summed E-state index contributed by atoms with van der Waals surface area (Å²) in [6.45, 7) is 3.11. The van der Waals surface area contributed by atoms with Gasteiger partial charge in [0.15, 0.2) is 0 Å². The maximum absolute atomic E-state index is 13.0. The van der Waals surface area contributed by atoms with Crippen LogP contribution in [0.25, 0.3) is 32.9 Å². The highest BCUT2D eigenvalue weighted by Gasteiger charge is 2.35. The molecule has 0 saturated carbocycles. The molecule has 1 aromatic heterocycles. The molecule has 1 aliphatic carbocycles. The number of nitrogens with one attached hydrogen (secondary N) is 1. The van der Waals surface area contributed by atoms with E-state index in [2.05, 4.69) is 40.2 Å². The van der Waals surface area contributed by atoms with Crippen molar-refractivity contribution in [2.75, 3.05) is 6.61 Å². The summed E-state index contributed by atoms with van der Waals surface area (Å²) in [6, 6.07) is 14.5. The molecule has 0 radical (unpaired) electrons. The van der Waals surface area contributed by atoms with Gasteiger partial charge in [-0.1, -0.05) is 30.3 Å². The van der Waals surface area contributed by atoms with Gasteiger partial charge in [-0.2, -0.15) is 0 Å². The number of fused-ring (bicyclic) bond motifs is 10. The second kappa shape index (κ2) is 6.67. The highest BCUT2D eigenvalue weighted by Crippen LogP contribution is 2.48. The van der Waals surface area contributed by atoms with Crippen molar-refractivity contribution in [1.29, 1.82) is 0 Å². The van der Waals surface area contributed by atoms with Gasteiger partial charge in [0.1, 0.15) is 0 Å². The fraction of sp³-hybridized carbons (Fsp3) is 0.269. The van der Waals surface area contributed by atoms with E-state index in [4.69, 9.17) is 0 Å². The molecule has 31 heavy (non-hydrogen) atoms. The minimum atomic E-state index is -0.563. The second-order valence-electron chi connectivity index (χ2n) is 8.63. The quantitative estimate of drug-likeness (QED) is 0.417. The van der Waals surface area contributed by atoms with Crippen LogP contribution in [0.1, 0.15) is 52.1 Å². The number of aromatic nitrogens is 1. The first-order chi connectivity index (χ1) is 15.1. The molecule has 0 fully saturated rings. The Balaban J connectivity index is 1.80. The van der Waals surface area contributed by atoms with Crippen molar-refractivity contribution in [3.8, 4) is 11.1 Å². The van der Waals surface area contributed by atoms with Crippen LogP contribution in [-0.2, 0) is 19.5 Å². The summed E-state index contributed by atoms with van der Waals surface area (Å²) in [5.74, 6) is -0.00667. The highest BCUT2D eigenvalue weighted by molar-refractivity contribution is 6.20. The van der Waals surface area contributed by atoms with Crippen LogP contribution in [0.5, 0.6) is 0 Å². The number of benzene rings is 3. The monoisotopic (exact) mass is 412 g/mol. The normalized spacial score (nSPS) is 15.3. The Kier molecular flexibility index (Phi) is 4.01. The summed E-state index contributed by atoms with van der Waals surface area (Å²) < 4.78 is 2.31. The van der Waals surface area contributed by atoms with E-state index in [-0.39, 0.29) is 12.5 Å². The number of hydrogen-bond donors (Lipinski definition) is 3. The molecule has 2 aliphatic rings. The number of amides is 1. The topological polar surface area (TPSA) is 74.5 Å². The molecule has 4 aromatic rings. The number of carbonyl (C=O) groups is 1. The third-order valence-electron chi connectivity index (χ3n) is 6.86. The lowest BCUT2D eigenvalue weighted by Gasteiger charge is -2.13. The first kappa shape index (κ1) is 18.6. The fourth-order valence-electron chi connectivity index (χ4n) is 5.52. The number of aliphatic hydroxyl groups is 2. The maximum Gasteiger partial charge on any atom is 0.252 e. The first-order valence-electron chi connectivity index (χ1n) is 10.9. The number of hydrogen-bond acceptors (Lipinski definition) is 3. The Morgan fingerprint density at radius 1 is 1.13 bits per heavy atom. The van der Waals surface area contributed by atoms with Crippen LogP contribution in [0.4, 0.5) is 0 Å². The summed E-state index contributed by atoms with van der Waals surface area (Å²) in [5.41, 5.74) is 9.61. The van der Waals surface area contributed by atoms with Crippen molar-refractivity contribution in [2.45, 2.75) is 39.0 Å². The number of aryl methyl sites for hydroxylation is 1. The standard InChI is InChI=1S/C26H24N2O3/c1-14(30)15-7-8-21-18(11-15)23-20-13-27-26(31)24(20)22-17-6-3-2-5-16(17)12-19(22)25(23)28(21)9-4-10-29/h2-3,5-8,11,14,29-30H,4,9-10,12-13H2,1H3,(H,27,31).